The van der Waals surface area contributed by atoms with Gasteiger partial charge in [0.1, 0.15) is 5.82 Å². The predicted molar refractivity (Wildman–Crippen MR) is 95.1 cm³/mol. The minimum Gasteiger partial charge on any atom is -0.359 e. The van der Waals surface area contributed by atoms with E-state index in [1.165, 1.54) is 18.3 Å². The normalized spacial score (nSPS) is 11.0. The van der Waals surface area contributed by atoms with Crippen LogP contribution in [0.15, 0.2) is 77.4 Å². The molecule has 0 radical (unpaired) electrons. The molecule has 0 aliphatic heterocycles. The van der Waals surface area contributed by atoms with E-state index < -0.39 is 0 Å². The standard InChI is InChI=1S/C19H13BrFNO/c20-14-8-9-18(17(21)12-14)22-11-10-19(23)16-7-3-5-13-4-1-2-6-15(13)16/h1-12,22H. The first-order valence-corrected chi connectivity index (χ1v) is 7.85. The molecule has 3 aromatic rings. The fourth-order valence-electron chi connectivity index (χ4n) is 2.34. The number of fused-ring (bicyclic) bond motifs is 1. The molecule has 0 heterocycles. The first-order chi connectivity index (χ1) is 11.1. The van der Waals surface area contributed by atoms with Crippen LogP contribution in [0.2, 0.25) is 0 Å². The SMILES string of the molecule is O=C(C=CNc1ccc(Br)cc1F)c1cccc2ccccc12. The molecule has 0 unspecified atom stereocenters. The third-order valence-corrected chi connectivity index (χ3v) is 3.95. The third-order valence-electron chi connectivity index (χ3n) is 3.46. The number of hydrogen-bond donors (Lipinski definition) is 1. The van der Waals surface area contributed by atoms with Gasteiger partial charge in [-0.2, -0.15) is 0 Å². The van der Waals surface area contributed by atoms with Gasteiger partial charge in [-0.3, -0.25) is 4.79 Å². The number of nitrogens with one attached hydrogen (secondary N) is 1. The molecule has 0 aliphatic rings. The lowest BCUT2D eigenvalue weighted by atomic mass is 10.0. The molecule has 0 aromatic heterocycles. The highest BCUT2D eigenvalue weighted by Crippen LogP contribution is 2.21. The molecule has 0 spiro atoms. The maximum Gasteiger partial charge on any atom is 0.187 e. The van der Waals surface area contributed by atoms with Gasteiger partial charge in [0.15, 0.2) is 5.78 Å². The van der Waals surface area contributed by atoms with Crippen molar-refractivity contribution in [2.24, 2.45) is 0 Å². The van der Waals surface area contributed by atoms with Crippen molar-refractivity contribution in [3.63, 3.8) is 0 Å². The summed E-state index contributed by atoms with van der Waals surface area (Å²) in [5.41, 5.74) is 0.938. The number of anilines is 1. The van der Waals surface area contributed by atoms with Gasteiger partial charge in [0.05, 0.1) is 5.69 Å². The Morgan fingerprint density at radius 1 is 1.04 bits per heavy atom. The summed E-state index contributed by atoms with van der Waals surface area (Å²) in [6.07, 6.45) is 2.86. The first-order valence-electron chi connectivity index (χ1n) is 7.05. The topological polar surface area (TPSA) is 29.1 Å². The van der Waals surface area contributed by atoms with Gasteiger partial charge in [-0.15, -0.1) is 0 Å². The van der Waals surface area contributed by atoms with Crippen LogP contribution in [0.25, 0.3) is 10.8 Å². The molecule has 0 saturated carbocycles. The van der Waals surface area contributed by atoms with Gasteiger partial charge < -0.3 is 5.32 Å². The van der Waals surface area contributed by atoms with Gasteiger partial charge in [-0.25, -0.2) is 4.39 Å². The molecule has 2 nitrogen and oxygen atoms in total. The van der Waals surface area contributed by atoms with Crippen LogP contribution < -0.4 is 5.32 Å². The van der Waals surface area contributed by atoms with E-state index in [4.69, 9.17) is 0 Å². The molecule has 0 fully saturated rings. The zero-order valence-electron chi connectivity index (χ0n) is 12.1. The summed E-state index contributed by atoms with van der Waals surface area (Å²) in [7, 11) is 0. The van der Waals surface area contributed by atoms with Crippen molar-refractivity contribution in [3.8, 4) is 0 Å². The average molecular weight is 370 g/mol. The van der Waals surface area contributed by atoms with E-state index in [0.717, 1.165) is 10.8 Å². The van der Waals surface area contributed by atoms with Gasteiger partial charge in [0, 0.05) is 22.3 Å². The van der Waals surface area contributed by atoms with E-state index >= 15 is 0 Å². The smallest absolute Gasteiger partial charge is 0.187 e. The van der Waals surface area contributed by atoms with Crippen LogP contribution in [0.3, 0.4) is 0 Å². The van der Waals surface area contributed by atoms with Crippen LogP contribution in [0.4, 0.5) is 10.1 Å². The number of hydrogen-bond acceptors (Lipinski definition) is 2. The second-order valence-electron chi connectivity index (χ2n) is 4.99. The Hall–Kier alpha value is -2.46. The lowest BCUT2D eigenvalue weighted by molar-refractivity contribution is 0.104. The molecule has 0 bridgehead atoms. The van der Waals surface area contributed by atoms with Crippen molar-refractivity contribution in [1.29, 1.82) is 0 Å². The molecule has 4 heteroatoms. The Labute approximate surface area is 141 Å². The first kappa shape index (κ1) is 15.4. The van der Waals surface area contributed by atoms with Gasteiger partial charge in [0.2, 0.25) is 0 Å². The molecule has 1 N–H and O–H groups in total. The molecule has 3 aromatic carbocycles. The van der Waals surface area contributed by atoms with E-state index in [1.54, 1.807) is 18.2 Å². The van der Waals surface area contributed by atoms with E-state index in [9.17, 15) is 9.18 Å². The number of halogens is 2. The highest BCUT2D eigenvalue weighted by Gasteiger charge is 2.06. The Balaban J connectivity index is 1.80. The number of benzene rings is 3. The van der Waals surface area contributed by atoms with Crippen LogP contribution in [0.1, 0.15) is 10.4 Å². The second kappa shape index (κ2) is 6.75. The van der Waals surface area contributed by atoms with E-state index in [1.807, 2.05) is 36.4 Å². The highest BCUT2D eigenvalue weighted by atomic mass is 79.9. The van der Waals surface area contributed by atoms with Crippen molar-refractivity contribution in [1.82, 2.24) is 0 Å². The summed E-state index contributed by atoms with van der Waals surface area (Å²) >= 11 is 3.20. The van der Waals surface area contributed by atoms with Crippen molar-refractivity contribution >= 4 is 38.2 Å². The average Bonchev–Trinajstić information content (AvgIpc) is 2.56. The lowest BCUT2D eigenvalue weighted by Gasteiger charge is -2.04. The Morgan fingerprint density at radius 2 is 1.83 bits per heavy atom. The van der Waals surface area contributed by atoms with Crippen molar-refractivity contribution in [2.45, 2.75) is 0 Å². The maximum atomic E-state index is 13.7. The summed E-state index contributed by atoms with van der Waals surface area (Å²) in [5.74, 6) is -0.520. The number of rotatable bonds is 4. The van der Waals surface area contributed by atoms with E-state index in [-0.39, 0.29) is 11.6 Å². The molecular formula is C19H13BrFNO. The van der Waals surface area contributed by atoms with Gasteiger partial charge in [0.25, 0.3) is 0 Å². The van der Waals surface area contributed by atoms with Crippen molar-refractivity contribution in [3.05, 3.63) is 88.8 Å². The van der Waals surface area contributed by atoms with Gasteiger partial charge in [-0.1, -0.05) is 58.4 Å². The molecule has 0 aliphatic carbocycles. The Morgan fingerprint density at radius 3 is 2.65 bits per heavy atom. The van der Waals surface area contributed by atoms with E-state index in [0.29, 0.717) is 15.7 Å². The van der Waals surface area contributed by atoms with Crippen LogP contribution in [-0.4, -0.2) is 5.78 Å². The van der Waals surface area contributed by atoms with Crippen LogP contribution in [0, 0.1) is 5.82 Å². The summed E-state index contributed by atoms with van der Waals surface area (Å²) < 4.78 is 14.4. The fourth-order valence-corrected chi connectivity index (χ4v) is 2.68. The molecule has 3 rings (SSSR count). The maximum absolute atomic E-state index is 13.7. The predicted octanol–water partition coefficient (Wildman–Crippen LogP) is 5.55. The zero-order valence-corrected chi connectivity index (χ0v) is 13.7. The van der Waals surface area contributed by atoms with Crippen molar-refractivity contribution < 1.29 is 9.18 Å². The monoisotopic (exact) mass is 369 g/mol. The van der Waals surface area contributed by atoms with Crippen molar-refractivity contribution in [2.75, 3.05) is 5.32 Å². The lowest BCUT2D eigenvalue weighted by Crippen LogP contribution is -1.98. The zero-order chi connectivity index (χ0) is 16.2. The molecule has 23 heavy (non-hydrogen) atoms. The third kappa shape index (κ3) is 3.48. The van der Waals surface area contributed by atoms with Crippen LogP contribution in [-0.2, 0) is 0 Å². The summed E-state index contributed by atoms with van der Waals surface area (Å²) in [6, 6.07) is 18.0. The minimum atomic E-state index is -0.387. The van der Waals surface area contributed by atoms with Gasteiger partial charge in [-0.05, 0) is 29.0 Å². The summed E-state index contributed by atoms with van der Waals surface area (Å²) in [6.45, 7) is 0. The number of ketones is 1. The largest absolute Gasteiger partial charge is 0.359 e. The highest BCUT2D eigenvalue weighted by molar-refractivity contribution is 9.10. The molecule has 0 atom stereocenters. The molecule has 0 amide bonds. The number of carbonyl (C=O) groups excluding carboxylic acids is 1. The van der Waals surface area contributed by atoms with Crippen LogP contribution >= 0.6 is 15.9 Å². The van der Waals surface area contributed by atoms with E-state index in [2.05, 4.69) is 21.2 Å². The molecule has 114 valence electrons. The minimum absolute atomic E-state index is 0.133. The molecular weight excluding hydrogens is 357 g/mol. The Bertz CT molecular complexity index is 900. The number of allylic oxidation sites excluding steroid dienone is 1. The summed E-state index contributed by atoms with van der Waals surface area (Å²) in [5, 5.41) is 4.71. The number of carbonyl (C=O) groups is 1. The second-order valence-corrected chi connectivity index (χ2v) is 5.91. The fraction of sp³-hybridized carbons (Fsp3) is 0. The van der Waals surface area contributed by atoms with Gasteiger partial charge >= 0.3 is 0 Å². The molecule has 0 saturated heterocycles. The Kier molecular flexibility index (Phi) is 4.53. The summed E-state index contributed by atoms with van der Waals surface area (Å²) in [4.78, 5) is 12.4. The van der Waals surface area contributed by atoms with Crippen LogP contribution in [0.5, 0.6) is 0 Å². The quantitative estimate of drug-likeness (QED) is 0.482.